The minimum Gasteiger partial charge on any atom is -0.460 e. The van der Waals surface area contributed by atoms with E-state index in [0.717, 1.165) is 25.4 Å². The summed E-state index contributed by atoms with van der Waals surface area (Å²) in [5, 5.41) is 11.0. The van der Waals surface area contributed by atoms with E-state index < -0.39 is 40.9 Å². The molecule has 2 N–H and O–H groups in total. The average molecular weight is 641 g/mol. The highest BCUT2D eigenvalue weighted by Gasteiger charge is 2.28. The maximum Gasteiger partial charge on any atom is 0.407 e. The van der Waals surface area contributed by atoms with Crippen LogP contribution in [0.4, 0.5) is 4.79 Å². The molecule has 0 atom stereocenters. The molecule has 15 nitrogen and oxygen atoms in total. The predicted molar refractivity (Wildman–Crippen MR) is 157 cm³/mol. The molecule has 0 heterocycles. The van der Waals surface area contributed by atoms with Crippen LogP contribution in [0.3, 0.4) is 0 Å². The standard InChI is InChI=1S/C13H25NO6Si.C6H7NO4.C6H16O3Si/c1-11(2)12(15)19-9-7-14-13(16)20-8-6-10-21(5,17-3)18-4;1-5(9)6(10)11-3-2-7-4-8;1-8-10(3,9-2)6-4-5-7/h1,6-10H2,2-5H3,(H,14,16);2-3H2,1H3;7H,4-6H2,1-3H3. The summed E-state index contributed by atoms with van der Waals surface area (Å²) in [6.45, 7) is 10.8. The van der Waals surface area contributed by atoms with Crippen LogP contribution in [-0.4, -0.2) is 120 Å². The maximum absolute atomic E-state index is 11.3. The van der Waals surface area contributed by atoms with E-state index >= 15 is 0 Å². The van der Waals surface area contributed by atoms with Crippen molar-refractivity contribution < 1.29 is 61.0 Å². The molecule has 0 saturated carbocycles. The summed E-state index contributed by atoms with van der Waals surface area (Å²) < 4.78 is 35.2. The number of ether oxygens (including phenoxy) is 3. The van der Waals surface area contributed by atoms with Crippen molar-refractivity contribution in [2.45, 2.75) is 51.9 Å². The monoisotopic (exact) mass is 640 g/mol. The largest absolute Gasteiger partial charge is 0.460 e. The number of hydrogen-bond donors (Lipinski definition) is 2. The minimum absolute atomic E-state index is 0.0442. The molecular formula is C25H48N2O13Si2. The number of ketones is 1. The van der Waals surface area contributed by atoms with Crippen LogP contribution < -0.4 is 5.32 Å². The predicted octanol–water partition coefficient (Wildman–Crippen LogP) is 1.77. The number of amides is 1. The van der Waals surface area contributed by atoms with Crippen LogP contribution in [0.5, 0.6) is 0 Å². The van der Waals surface area contributed by atoms with E-state index in [4.69, 9.17) is 32.3 Å². The van der Waals surface area contributed by atoms with Crippen molar-refractivity contribution in [1.29, 1.82) is 0 Å². The first-order valence-electron chi connectivity index (χ1n) is 13.0. The maximum atomic E-state index is 11.3. The smallest absolute Gasteiger partial charge is 0.407 e. The van der Waals surface area contributed by atoms with Crippen LogP contribution in [0.1, 0.15) is 26.7 Å². The lowest BCUT2D eigenvalue weighted by Gasteiger charge is -2.22. The molecule has 0 saturated heterocycles. The Bertz CT molecular complexity index is 844. The third-order valence-corrected chi connectivity index (χ3v) is 11.2. The molecular weight excluding hydrogens is 592 g/mol. The summed E-state index contributed by atoms with van der Waals surface area (Å²) >= 11 is 0. The molecule has 0 aliphatic heterocycles. The van der Waals surface area contributed by atoms with E-state index in [1.807, 2.05) is 13.1 Å². The van der Waals surface area contributed by atoms with Crippen LogP contribution >= 0.6 is 0 Å². The fourth-order valence-corrected chi connectivity index (χ4v) is 5.07. The average Bonchev–Trinajstić information content (AvgIpc) is 2.98. The van der Waals surface area contributed by atoms with E-state index in [1.165, 1.54) is 6.08 Å². The molecule has 0 rings (SSSR count). The van der Waals surface area contributed by atoms with Gasteiger partial charge in [0.2, 0.25) is 11.9 Å². The first-order valence-corrected chi connectivity index (χ1v) is 18.0. The molecule has 0 radical (unpaired) electrons. The van der Waals surface area contributed by atoms with Crippen LogP contribution in [0.2, 0.25) is 25.2 Å². The summed E-state index contributed by atoms with van der Waals surface area (Å²) in [5.74, 6) is -2.06. The lowest BCUT2D eigenvalue weighted by Crippen LogP contribution is -2.36. The van der Waals surface area contributed by atoms with Gasteiger partial charge in [0.1, 0.15) is 13.2 Å². The van der Waals surface area contributed by atoms with Gasteiger partial charge in [-0.25, -0.2) is 24.2 Å². The Kier molecular flexibility index (Phi) is 28.2. The molecule has 42 heavy (non-hydrogen) atoms. The van der Waals surface area contributed by atoms with E-state index in [9.17, 15) is 24.0 Å². The molecule has 0 spiro atoms. The van der Waals surface area contributed by atoms with E-state index in [1.54, 1.807) is 35.4 Å². The summed E-state index contributed by atoms with van der Waals surface area (Å²) in [5.41, 5.74) is 0.320. The summed E-state index contributed by atoms with van der Waals surface area (Å²) in [7, 11) is 2.58. The highest BCUT2D eigenvalue weighted by Crippen LogP contribution is 2.13. The van der Waals surface area contributed by atoms with Crippen LogP contribution in [0.25, 0.3) is 0 Å². The molecule has 0 aliphatic carbocycles. The Morgan fingerprint density at radius 1 is 0.810 bits per heavy atom. The molecule has 0 fully saturated rings. The zero-order valence-electron chi connectivity index (χ0n) is 26.1. The number of esters is 2. The SMILES string of the molecule is C=C(C)C(=O)OCCNC(=O)OCCC[Si](C)(OC)OC.CC(=O)C(=O)OCCN=C=O.CO[Si](C)(CCCO)OC. The second kappa shape index (κ2) is 27.1. The first-order chi connectivity index (χ1) is 19.7. The first kappa shape index (κ1) is 43.7. The Hall–Kier alpha value is -2.77. The number of carbonyl (C=O) groups is 4. The zero-order chi connectivity index (χ0) is 33.0. The number of nitrogens with one attached hydrogen (secondary N) is 1. The Labute approximate surface area is 250 Å². The van der Waals surface area contributed by atoms with Crippen molar-refractivity contribution in [3.8, 4) is 0 Å². The number of hydrogen-bond acceptors (Lipinski definition) is 14. The van der Waals surface area contributed by atoms with Crippen LogP contribution in [0, 0.1) is 0 Å². The highest BCUT2D eigenvalue weighted by atomic mass is 28.4. The van der Waals surface area contributed by atoms with Gasteiger partial charge in [-0.05, 0) is 44.9 Å². The molecule has 0 aromatic carbocycles. The number of aliphatic hydroxyl groups excluding tert-OH is 1. The molecule has 0 aromatic heterocycles. The summed E-state index contributed by atoms with van der Waals surface area (Å²) in [6.07, 6.45) is 2.16. The molecule has 0 aromatic rings. The van der Waals surface area contributed by atoms with Gasteiger partial charge in [-0.15, -0.1) is 0 Å². The fourth-order valence-electron chi connectivity index (χ4n) is 2.34. The van der Waals surface area contributed by atoms with E-state index in [-0.39, 0.29) is 39.5 Å². The van der Waals surface area contributed by atoms with Crippen molar-refractivity contribution in [2.75, 3.05) is 68.0 Å². The number of alkyl carbamates (subject to hydrolysis) is 1. The number of aliphatic imine (C=N–C) groups is 1. The molecule has 0 unspecified atom stereocenters. The normalized spacial score (nSPS) is 10.4. The molecule has 17 heteroatoms. The number of carbonyl (C=O) groups excluding carboxylic acids is 5. The van der Waals surface area contributed by atoms with Gasteiger partial charge in [-0.1, -0.05) is 6.58 Å². The second-order valence-corrected chi connectivity index (χ2v) is 15.8. The topological polar surface area (TPSA) is 195 Å². The van der Waals surface area contributed by atoms with Gasteiger partial charge in [0.25, 0.3) is 0 Å². The van der Waals surface area contributed by atoms with Crippen molar-refractivity contribution in [3.05, 3.63) is 12.2 Å². The van der Waals surface area contributed by atoms with Crippen LogP contribution in [-0.2, 0) is 51.1 Å². The molecule has 0 bridgehead atoms. The van der Waals surface area contributed by atoms with Gasteiger partial charge < -0.3 is 42.3 Å². The Balaban J connectivity index is -0.000000607. The van der Waals surface area contributed by atoms with Crippen molar-refractivity contribution in [2.24, 2.45) is 4.99 Å². The van der Waals surface area contributed by atoms with Crippen LogP contribution in [0.15, 0.2) is 17.1 Å². The third-order valence-electron chi connectivity index (χ3n) is 5.27. The van der Waals surface area contributed by atoms with Gasteiger partial charge >= 0.3 is 35.2 Å². The third kappa shape index (κ3) is 26.2. The number of Topliss-reactive ketones (excluding diaryl/α,β-unsaturated/α-hetero) is 1. The van der Waals surface area contributed by atoms with Gasteiger partial charge in [0.05, 0.1) is 19.7 Å². The van der Waals surface area contributed by atoms with Gasteiger partial charge in [0, 0.05) is 47.5 Å². The lowest BCUT2D eigenvalue weighted by molar-refractivity contribution is -0.152. The zero-order valence-corrected chi connectivity index (χ0v) is 28.1. The van der Waals surface area contributed by atoms with Crippen molar-refractivity contribution in [1.82, 2.24) is 5.32 Å². The number of rotatable bonds is 19. The summed E-state index contributed by atoms with van der Waals surface area (Å²) in [4.78, 5) is 55.6. The molecule has 1 amide bonds. The highest BCUT2D eigenvalue weighted by molar-refractivity contribution is 6.66. The number of aliphatic hydroxyl groups is 1. The Morgan fingerprint density at radius 3 is 1.74 bits per heavy atom. The van der Waals surface area contributed by atoms with Crippen molar-refractivity contribution >= 4 is 47.0 Å². The minimum atomic E-state index is -2.10. The van der Waals surface area contributed by atoms with Crippen molar-refractivity contribution in [3.63, 3.8) is 0 Å². The lowest BCUT2D eigenvalue weighted by atomic mass is 10.4. The van der Waals surface area contributed by atoms with Gasteiger partial charge in [-0.3, -0.25) is 4.79 Å². The summed E-state index contributed by atoms with van der Waals surface area (Å²) in [6, 6.07) is 1.60. The molecule has 0 aliphatic rings. The van der Waals surface area contributed by atoms with E-state index in [0.29, 0.717) is 12.0 Å². The second-order valence-electron chi connectivity index (χ2n) is 8.66. The fraction of sp³-hybridized carbons (Fsp3) is 0.720. The Morgan fingerprint density at radius 2 is 1.31 bits per heavy atom. The molecule has 244 valence electrons. The number of nitrogens with zero attached hydrogens (tertiary/aromatic N) is 1. The quantitative estimate of drug-likeness (QED) is 0.0303. The van der Waals surface area contributed by atoms with Gasteiger partial charge in [0.15, 0.2) is 0 Å². The number of isocyanates is 1. The van der Waals surface area contributed by atoms with Gasteiger partial charge in [-0.2, -0.15) is 0 Å². The van der Waals surface area contributed by atoms with E-state index in [2.05, 4.69) is 21.6 Å².